The second kappa shape index (κ2) is 9.98. The van der Waals surface area contributed by atoms with Crippen LogP contribution in [0.2, 0.25) is 5.02 Å². The lowest BCUT2D eigenvalue weighted by atomic mass is 10.0. The number of esters is 2. The van der Waals surface area contributed by atoms with E-state index < -0.39 is 24.0 Å². The number of aryl methyl sites for hydroxylation is 1. The Hall–Kier alpha value is -2.74. The number of rotatable bonds is 8. The van der Waals surface area contributed by atoms with E-state index in [9.17, 15) is 14.4 Å². The third-order valence-electron chi connectivity index (χ3n) is 3.96. The van der Waals surface area contributed by atoms with E-state index in [4.69, 9.17) is 25.8 Å². The van der Waals surface area contributed by atoms with Crippen LogP contribution in [0.15, 0.2) is 29.5 Å². The molecule has 0 bridgehead atoms. The van der Waals surface area contributed by atoms with Gasteiger partial charge in [0.15, 0.2) is 6.61 Å². The zero-order chi connectivity index (χ0) is 20.7. The topological polar surface area (TPSA) is 103 Å². The van der Waals surface area contributed by atoms with Crippen molar-refractivity contribution >= 4 is 29.6 Å². The molecule has 152 valence electrons. The van der Waals surface area contributed by atoms with Crippen molar-refractivity contribution in [2.45, 2.75) is 33.2 Å². The fourth-order valence-corrected chi connectivity index (χ4v) is 2.80. The summed E-state index contributed by atoms with van der Waals surface area (Å²) in [5, 5.41) is 5.53. The Bertz CT molecular complexity index is 793. The molecule has 1 heterocycles. The molecule has 0 aliphatic carbocycles. The van der Waals surface area contributed by atoms with Crippen molar-refractivity contribution in [2.75, 3.05) is 19.8 Å². The highest BCUT2D eigenvalue weighted by molar-refractivity contribution is 6.32. The van der Waals surface area contributed by atoms with E-state index in [-0.39, 0.29) is 31.1 Å². The lowest BCUT2D eigenvalue weighted by molar-refractivity contribution is -0.145. The molecule has 0 spiro atoms. The molecule has 1 atom stereocenters. The number of hydrogen-bond donors (Lipinski definition) is 2. The standard InChI is InChI=1S/C19H23ClN2O6/c1-4-13-17(18(24)26-5-2)14(22-19(25)21-13)9-28-16(23)10-27-15-8-11(3)6-7-12(15)20/h6-8,13H,4-5,9-10H2,1-3H3,(H2,21,22,25)/t13-/m1/s1. The molecule has 0 radical (unpaired) electrons. The first-order chi connectivity index (χ1) is 13.3. The van der Waals surface area contributed by atoms with E-state index in [1.54, 1.807) is 19.1 Å². The molecule has 0 saturated heterocycles. The second-order valence-electron chi connectivity index (χ2n) is 6.06. The minimum Gasteiger partial charge on any atom is -0.480 e. The molecule has 28 heavy (non-hydrogen) atoms. The summed E-state index contributed by atoms with van der Waals surface area (Å²) in [6.07, 6.45) is 0.480. The van der Waals surface area contributed by atoms with Crippen molar-refractivity contribution in [3.63, 3.8) is 0 Å². The van der Waals surface area contributed by atoms with Crippen molar-refractivity contribution in [1.82, 2.24) is 10.6 Å². The zero-order valence-electron chi connectivity index (χ0n) is 16.0. The van der Waals surface area contributed by atoms with Crippen molar-refractivity contribution in [3.8, 4) is 5.75 Å². The minimum atomic E-state index is -0.672. The number of amides is 2. The van der Waals surface area contributed by atoms with Crippen LogP contribution >= 0.6 is 11.6 Å². The first-order valence-corrected chi connectivity index (χ1v) is 9.25. The Kier molecular flexibility index (Phi) is 7.69. The Morgan fingerprint density at radius 1 is 1.21 bits per heavy atom. The molecule has 1 aromatic rings. The highest BCUT2D eigenvalue weighted by Crippen LogP contribution is 2.25. The number of ether oxygens (including phenoxy) is 3. The second-order valence-corrected chi connectivity index (χ2v) is 6.46. The van der Waals surface area contributed by atoms with E-state index in [1.165, 1.54) is 0 Å². The number of halogens is 1. The van der Waals surface area contributed by atoms with Gasteiger partial charge in [-0.25, -0.2) is 14.4 Å². The normalized spacial score (nSPS) is 16.1. The maximum atomic E-state index is 12.3. The number of carbonyl (C=O) groups is 3. The summed E-state index contributed by atoms with van der Waals surface area (Å²) in [5.41, 5.74) is 1.36. The van der Waals surface area contributed by atoms with Crippen LogP contribution in [0.25, 0.3) is 0 Å². The van der Waals surface area contributed by atoms with Gasteiger partial charge >= 0.3 is 18.0 Å². The third kappa shape index (κ3) is 5.63. The van der Waals surface area contributed by atoms with Crippen LogP contribution in [0.1, 0.15) is 25.8 Å². The highest BCUT2D eigenvalue weighted by atomic mass is 35.5. The number of hydrogen-bond acceptors (Lipinski definition) is 6. The van der Waals surface area contributed by atoms with Gasteiger partial charge in [0.2, 0.25) is 0 Å². The molecule has 2 N–H and O–H groups in total. The van der Waals surface area contributed by atoms with Gasteiger partial charge in [-0.15, -0.1) is 0 Å². The Balaban J connectivity index is 2.04. The van der Waals surface area contributed by atoms with Gasteiger partial charge in [-0.1, -0.05) is 24.6 Å². The van der Waals surface area contributed by atoms with E-state index in [1.807, 2.05) is 19.9 Å². The molecule has 9 heteroatoms. The molecule has 1 aliphatic heterocycles. The molecular formula is C19H23ClN2O6. The fraction of sp³-hybridized carbons (Fsp3) is 0.421. The van der Waals surface area contributed by atoms with Crippen LogP contribution in [-0.4, -0.2) is 43.8 Å². The Morgan fingerprint density at radius 2 is 1.96 bits per heavy atom. The average Bonchev–Trinajstić information content (AvgIpc) is 2.66. The van der Waals surface area contributed by atoms with Gasteiger partial charge in [0, 0.05) is 0 Å². The molecule has 2 rings (SSSR count). The van der Waals surface area contributed by atoms with E-state index in [0.717, 1.165) is 5.56 Å². The summed E-state index contributed by atoms with van der Waals surface area (Å²) in [6, 6.07) is 4.19. The van der Waals surface area contributed by atoms with Gasteiger partial charge in [-0.3, -0.25) is 0 Å². The quantitative estimate of drug-likeness (QED) is 0.638. The molecule has 1 aromatic carbocycles. The van der Waals surface area contributed by atoms with Gasteiger partial charge in [0.25, 0.3) is 0 Å². The smallest absolute Gasteiger partial charge is 0.344 e. The lowest BCUT2D eigenvalue weighted by Gasteiger charge is -2.28. The summed E-state index contributed by atoms with van der Waals surface area (Å²) in [7, 11) is 0. The van der Waals surface area contributed by atoms with Crippen molar-refractivity contribution < 1.29 is 28.6 Å². The molecule has 0 fully saturated rings. The monoisotopic (exact) mass is 410 g/mol. The molecule has 0 saturated carbocycles. The van der Waals surface area contributed by atoms with E-state index >= 15 is 0 Å². The van der Waals surface area contributed by atoms with Gasteiger partial charge in [-0.05, 0) is 38.0 Å². The van der Waals surface area contributed by atoms with Crippen molar-refractivity contribution in [2.24, 2.45) is 0 Å². The number of benzene rings is 1. The molecule has 8 nitrogen and oxygen atoms in total. The fourth-order valence-electron chi connectivity index (χ4n) is 2.63. The van der Waals surface area contributed by atoms with Crippen LogP contribution in [0, 0.1) is 6.92 Å². The third-order valence-corrected chi connectivity index (χ3v) is 4.27. The minimum absolute atomic E-state index is 0.185. The Morgan fingerprint density at radius 3 is 2.64 bits per heavy atom. The van der Waals surface area contributed by atoms with Gasteiger partial charge in [-0.2, -0.15) is 0 Å². The number of urea groups is 1. The maximum absolute atomic E-state index is 12.3. The van der Waals surface area contributed by atoms with Gasteiger partial charge in [0.1, 0.15) is 12.4 Å². The van der Waals surface area contributed by atoms with Gasteiger partial charge in [0.05, 0.1) is 28.9 Å². The molecular weight excluding hydrogens is 388 g/mol. The van der Waals surface area contributed by atoms with Crippen molar-refractivity contribution in [1.29, 1.82) is 0 Å². The lowest BCUT2D eigenvalue weighted by Crippen LogP contribution is -2.51. The average molecular weight is 411 g/mol. The SMILES string of the molecule is CCOC(=O)C1=C(COC(=O)COc2cc(C)ccc2Cl)NC(=O)N[C@@H]1CC. The van der Waals surface area contributed by atoms with Crippen molar-refractivity contribution in [3.05, 3.63) is 40.1 Å². The van der Waals surface area contributed by atoms with E-state index in [2.05, 4.69) is 10.6 Å². The summed E-state index contributed by atoms with van der Waals surface area (Å²) < 4.78 is 15.6. The summed E-state index contributed by atoms with van der Waals surface area (Å²) in [4.78, 5) is 36.1. The highest BCUT2D eigenvalue weighted by Gasteiger charge is 2.32. The molecule has 0 unspecified atom stereocenters. The largest absolute Gasteiger partial charge is 0.480 e. The van der Waals surface area contributed by atoms with Crippen LogP contribution < -0.4 is 15.4 Å². The van der Waals surface area contributed by atoms with Gasteiger partial charge < -0.3 is 24.8 Å². The Labute approximate surface area is 168 Å². The summed E-state index contributed by atoms with van der Waals surface area (Å²) in [6.45, 7) is 4.90. The summed E-state index contributed by atoms with van der Waals surface area (Å²) >= 11 is 6.02. The number of nitrogens with one attached hydrogen (secondary N) is 2. The summed E-state index contributed by atoms with van der Waals surface area (Å²) in [5.74, 6) is -0.879. The number of carbonyl (C=O) groups excluding carboxylic acids is 3. The first-order valence-electron chi connectivity index (χ1n) is 8.87. The van der Waals surface area contributed by atoms with Crippen LogP contribution in [0.5, 0.6) is 5.75 Å². The molecule has 2 amide bonds. The zero-order valence-corrected chi connectivity index (χ0v) is 16.7. The first kappa shape index (κ1) is 21.6. The van der Waals surface area contributed by atoms with Crippen LogP contribution in [0.4, 0.5) is 4.79 Å². The predicted octanol–water partition coefficient (Wildman–Crippen LogP) is 2.48. The maximum Gasteiger partial charge on any atom is 0.344 e. The van der Waals surface area contributed by atoms with Crippen LogP contribution in [-0.2, 0) is 19.1 Å². The predicted molar refractivity (Wildman–Crippen MR) is 102 cm³/mol. The van der Waals surface area contributed by atoms with E-state index in [0.29, 0.717) is 17.2 Å². The molecule has 1 aliphatic rings. The molecule has 0 aromatic heterocycles. The van der Waals surface area contributed by atoms with Crippen LogP contribution in [0.3, 0.4) is 0 Å².